The Morgan fingerprint density at radius 1 is 1.19 bits per heavy atom. The number of ether oxygens (including phenoxy) is 1. The summed E-state index contributed by atoms with van der Waals surface area (Å²) in [6.45, 7) is 0.486. The monoisotopic (exact) mass is 368 g/mol. The summed E-state index contributed by atoms with van der Waals surface area (Å²) in [4.78, 5) is 33.2. The average Bonchev–Trinajstić information content (AvgIpc) is 3.03. The highest BCUT2D eigenvalue weighted by atomic mass is 16.5. The number of fused-ring (bicyclic) bond motifs is 2. The number of pyridine rings is 1. The van der Waals surface area contributed by atoms with Gasteiger partial charge < -0.3 is 15.0 Å². The molecule has 4 rings (SSSR count). The Morgan fingerprint density at radius 2 is 2.04 bits per heavy atom. The van der Waals surface area contributed by atoms with E-state index in [1.807, 2.05) is 24.3 Å². The number of aromatic amines is 2. The summed E-state index contributed by atoms with van der Waals surface area (Å²) in [6.07, 6.45) is 7.09. The lowest BCUT2D eigenvalue weighted by Crippen LogP contribution is -2.36. The van der Waals surface area contributed by atoms with Gasteiger partial charge in [0.1, 0.15) is 5.75 Å². The zero-order chi connectivity index (χ0) is 18.6. The first kappa shape index (κ1) is 17.6. The zero-order valence-corrected chi connectivity index (χ0v) is 15.2. The van der Waals surface area contributed by atoms with Crippen molar-refractivity contribution in [2.45, 2.75) is 51.0 Å². The predicted molar refractivity (Wildman–Crippen MR) is 104 cm³/mol. The van der Waals surface area contributed by atoms with E-state index in [0.29, 0.717) is 36.7 Å². The minimum Gasteiger partial charge on any atom is -0.494 e. The molecule has 27 heavy (non-hydrogen) atoms. The van der Waals surface area contributed by atoms with Gasteiger partial charge in [0.05, 0.1) is 17.6 Å². The average molecular weight is 368 g/mol. The summed E-state index contributed by atoms with van der Waals surface area (Å²) < 4.78 is 5.78. The Hall–Kier alpha value is -2.83. The molecule has 2 aromatic heterocycles. The molecule has 0 radical (unpaired) electrons. The number of imidazole rings is 1. The van der Waals surface area contributed by atoms with Crippen molar-refractivity contribution in [3.05, 3.63) is 34.7 Å². The van der Waals surface area contributed by atoms with E-state index in [1.54, 1.807) is 0 Å². The molecular weight excluding hydrogens is 344 g/mol. The number of carbonyl (C=O) groups excluding carboxylic acids is 1. The number of rotatable bonds is 6. The summed E-state index contributed by atoms with van der Waals surface area (Å²) in [5, 5.41) is 4.02. The second-order valence-electron chi connectivity index (χ2n) is 7.17. The van der Waals surface area contributed by atoms with Crippen molar-refractivity contribution >= 4 is 28.0 Å². The molecule has 3 aromatic rings. The number of nitrogens with zero attached hydrogens (tertiary/aromatic N) is 1. The van der Waals surface area contributed by atoms with Crippen LogP contribution in [-0.4, -0.2) is 33.5 Å². The van der Waals surface area contributed by atoms with E-state index >= 15 is 0 Å². The first-order valence-corrected chi connectivity index (χ1v) is 9.62. The Morgan fingerprint density at radius 3 is 2.89 bits per heavy atom. The topological polar surface area (TPSA) is 99.9 Å². The van der Waals surface area contributed by atoms with Crippen molar-refractivity contribution in [3.63, 3.8) is 0 Å². The van der Waals surface area contributed by atoms with Gasteiger partial charge in [-0.15, -0.1) is 0 Å². The van der Waals surface area contributed by atoms with Gasteiger partial charge in [-0.25, -0.2) is 9.78 Å². The molecule has 0 spiro atoms. The molecule has 0 aliphatic heterocycles. The van der Waals surface area contributed by atoms with Crippen LogP contribution in [0.1, 0.15) is 44.9 Å². The maximum absolute atomic E-state index is 12.0. The van der Waals surface area contributed by atoms with Crippen LogP contribution in [0, 0.1) is 0 Å². The highest BCUT2D eigenvalue weighted by Crippen LogP contribution is 2.22. The van der Waals surface area contributed by atoms with E-state index in [0.717, 1.165) is 29.5 Å². The molecule has 0 atom stereocenters. The minimum atomic E-state index is -0.268. The van der Waals surface area contributed by atoms with Crippen LogP contribution in [0.2, 0.25) is 0 Å². The summed E-state index contributed by atoms with van der Waals surface area (Å²) in [5.41, 5.74) is 1.74. The molecule has 142 valence electrons. The van der Waals surface area contributed by atoms with Crippen LogP contribution in [0.5, 0.6) is 5.75 Å². The molecule has 1 amide bonds. The maximum Gasteiger partial charge on any atom is 0.325 e. The normalized spacial score (nSPS) is 15.3. The third kappa shape index (κ3) is 4.30. The van der Waals surface area contributed by atoms with E-state index in [-0.39, 0.29) is 11.6 Å². The highest BCUT2D eigenvalue weighted by molar-refractivity contribution is 5.90. The van der Waals surface area contributed by atoms with Crippen molar-refractivity contribution in [1.82, 2.24) is 20.3 Å². The van der Waals surface area contributed by atoms with Crippen LogP contribution < -0.4 is 15.7 Å². The molecule has 1 aliphatic carbocycles. The SMILES string of the molecule is O=C(CCCOc1ccc2nc3[nH]c(=O)[nH]c3cc2c1)NC1CCCCC1. The summed E-state index contributed by atoms with van der Waals surface area (Å²) >= 11 is 0. The van der Waals surface area contributed by atoms with Gasteiger partial charge in [0.25, 0.3) is 0 Å². The highest BCUT2D eigenvalue weighted by Gasteiger charge is 2.15. The fourth-order valence-corrected chi connectivity index (χ4v) is 3.67. The Balaban J connectivity index is 1.30. The van der Waals surface area contributed by atoms with Gasteiger partial charge in [-0.05, 0) is 43.5 Å². The summed E-state index contributed by atoms with van der Waals surface area (Å²) in [5.74, 6) is 0.848. The molecule has 7 heteroatoms. The fourth-order valence-electron chi connectivity index (χ4n) is 3.67. The molecule has 1 aliphatic rings. The quantitative estimate of drug-likeness (QED) is 0.582. The predicted octanol–water partition coefficient (Wildman–Crippen LogP) is 3.01. The molecule has 1 aromatic carbocycles. The van der Waals surface area contributed by atoms with Crippen LogP contribution in [0.3, 0.4) is 0 Å². The molecule has 2 heterocycles. The molecule has 0 bridgehead atoms. The van der Waals surface area contributed by atoms with Gasteiger partial charge in [-0.1, -0.05) is 19.3 Å². The van der Waals surface area contributed by atoms with Crippen molar-refractivity contribution in [2.24, 2.45) is 0 Å². The van der Waals surface area contributed by atoms with Gasteiger partial charge in [-0.3, -0.25) is 9.78 Å². The third-order valence-electron chi connectivity index (χ3n) is 5.05. The fraction of sp³-hybridized carbons (Fsp3) is 0.450. The number of H-pyrrole nitrogens is 2. The number of benzene rings is 1. The number of amides is 1. The largest absolute Gasteiger partial charge is 0.494 e. The first-order valence-electron chi connectivity index (χ1n) is 9.62. The van der Waals surface area contributed by atoms with Gasteiger partial charge >= 0.3 is 5.69 Å². The standard InChI is InChI=1S/C20H24N4O3/c25-18(21-14-5-2-1-3-6-14)7-4-10-27-15-8-9-16-13(11-15)12-17-19(22-16)24-20(26)23-17/h8-9,11-12,14H,1-7,10H2,(H,21,25)(H2,22,23,24,26). The van der Waals surface area contributed by atoms with Gasteiger partial charge in [0.15, 0.2) is 5.65 Å². The second kappa shape index (κ2) is 7.82. The first-order chi connectivity index (χ1) is 13.2. The number of nitrogens with one attached hydrogen (secondary N) is 3. The van der Waals surface area contributed by atoms with Crippen molar-refractivity contribution in [3.8, 4) is 5.75 Å². The van der Waals surface area contributed by atoms with E-state index < -0.39 is 0 Å². The lowest BCUT2D eigenvalue weighted by atomic mass is 9.95. The van der Waals surface area contributed by atoms with E-state index in [1.165, 1.54) is 19.3 Å². The minimum absolute atomic E-state index is 0.118. The van der Waals surface area contributed by atoms with Gasteiger partial charge in [-0.2, -0.15) is 0 Å². The van der Waals surface area contributed by atoms with Crippen LogP contribution in [0.4, 0.5) is 0 Å². The zero-order valence-electron chi connectivity index (χ0n) is 15.2. The lowest BCUT2D eigenvalue weighted by Gasteiger charge is -2.22. The molecule has 1 saturated carbocycles. The second-order valence-corrected chi connectivity index (χ2v) is 7.17. The number of carbonyl (C=O) groups is 1. The summed E-state index contributed by atoms with van der Waals surface area (Å²) in [7, 11) is 0. The van der Waals surface area contributed by atoms with Crippen molar-refractivity contribution in [2.75, 3.05) is 6.61 Å². The van der Waals surface area contributed by atoms with Crippen LogP contribution in [-0.2, 0) is 4.79 Å². The van der Waals surface area contributed by atoms with Crippen molar-refractivity contribution in [1.29, 1.82) is 0 Å². The number of hydrogen-bond acceptors (Lipinski definition) is 4. The van der Waals surface area contributed by atoms with Gasteiger partial charge in [0.2, 0.25) is 5.91 Å². The van der Waals surface area contributed by atoms with E-state index in [9.17, 15) is 9.59 Å². The van der Waals surface area contributed by atoms with Gasteiger partial charge in [0, 0.05) is 17.8 Å². The summed E-state index contributed by atoms with van der Waals surface area (Å²) in [6, 6.07) is 7.85. The number of hydrogen-bond donors (Lipinski definition) is 3. The molecule has 3 N–H and O–H groups in total. The van der Waals surface area contributed by atoms with Crippen molar-refractivity contribution < 1.29 is 9.53 Å². The third-order valence-corrected chi connectivity index (χ3v) is 5.05. The van der Waals surface area contributed by atoms with E-state index in [2.05, 4.69) is 20.3 Å². The van der Waals surface area contributed by atoms with Crippen LogP contribution >= 0.6 is 0 Å². The Labute approximate surface area is 156 Å². The van der Waals surface area contributed by atoms with Crippen LogP contribution in [0.25, 0.3) is 22.1 Å². The molecule has 7 nitrogen and oxygen atoms in total. The molecule has 0 unspecified atom stereocenters. The Bertz CT molecular complexity index is 1000. The molecule has 1 fully saturated rings. The number of aromatic nitrogens is 3. The molecular formula is C20H24N4O3. The Kier molecular flexibility index (Phi) is 5.09. The van der Waals surface area contributed by atoms with E-state index in [4.69, 9.17) is 4.74 Å². The smallest absolute Gasteiger partial charge is 0.325 e. The van der Waals surface area contributed by atoms with Crippen LogP contribution in [0.15, 0.2) is 29.1 Å². The molecule has 0 saturated heterocycles. The lowest BCUT2D eigenvalue weighted by molar-refractivity contribution is -0.122. The maximum atomic E-state index is 12.0.